The molecule has 2 atom stereocenters. The van der Waals surface area contributed by atoms with E-state index in [2.05, 4.69) is 5.32 Å². The molecule has 0 unspecified atom stereocenters. The Labute approximate surface area is 140 Å². The predicted molar refractivity (Wildman–Crippen MR) is 90.5 cm³/mol. The molecule has 1 saturated heterocycles. The number of amides is 1. The molecular weight excluding hydrogens is 312 g/mol. The highest BCUT2D eigenvalue weighted by Crippen LogP contribution is 2.47. The predicted octanol–water partition coefficient (Wildman–Crippen LogP) is 2.42. The molecule has 3 aliphatic rings. The maximum Gasteiger partial charge on any atom is 0.228 e. The van der Waals surface area contributed by atoms with Gasteiger partial charge in [-0.25, -0.2) is 8.42 Å². The first-order valence-electron chi connectivity index (χ1n) is 9.30. The fraction of sp³-hybridized carbons (Fsp3) is 0.941. The third-order valence-electron chi connectivity index (χ3n) is 6.20. The van der Waals surface area contributed by atoms with Gasteiger partial charge in [-0.3, -0.25) is 4.79 Å². The van der Waals surface area contributed by atoms with Gasteiger partial charge in [0.15, 0.2) is 0 Å². The monoisotopic (exact) mass is 342 g/mol. The van der Waals surface area contributed by atoms with Crippen molar-refractivity contribution in [2.24, 2.45) is 5.41 Å². The number of nitrogens with zero attached hydrogens (tertiary/aromatic N) is 1. The summed E-state index contributed by atoms with van der Waals surface area (Å²) in [5.74, 6) is 0.248. The highest BCUT2D eigenvalue weighted by molar-refractivity contribution is 7.89. The van der Waals surface area contributed by atoms with E-state index in [1.807, 2.05) is 6.92 Å². The second kappa shape index (κ2) is 6.71. The minimum atomic E-state index is -3.20. The number of fused-ring (bicyclic) bond motifs is 1. The molecule has 0 aromatic heterocycles. The Morgan fingerprint density at radius 1 is 1.09 bits per heavy atom. The van der Waals surface area contributed by atoms with E-state index in [1.54, 1.807) is 4.31 Å². The van der Waals surface area contributed by atoms with Gasteiger partial charge in [0.2, 0.25) is 15.9 Å². The molecule has 132 valence electrons. The van der Waals surface area contributed by atoms with Crippen LogP contribution in [0.25, 0.3) is 0 Å². The van der Waals surface area contributed by atoms with E-state index >= 15 is 0 Å². The molecule has 3 rings (SSSR count). The molecule has 1 N–H and O–H groups in total. The van der Waals surface area contributed by atoms with Gasteiger partial charge < -0.3 is 5.32 Å². The van der Waals surface area contributed by atoms with Gasteiger partial charge in [0, 0.05) is 18.6 Å². The van der Waals surface area contributed by atoms with Crippen molar-refractivity contribution >= 4 is 15.9 Å². The lowest BCUT2D eigenvalue weighted by molar-refractivity contribution is -0.138. The number of carbonyl (C=O) groups excluding carboxylic acids is 1. The van der Waals surface area contributed by atoms with Crippen LogP contribution in [0.5, 0.6) is 0 Å². The van der Waals surface area contributed by atoms with Crippen LogP contribution in [0.2, 0.25) is 0 Å². The lowest BCUT2D eigenvalue weighted by atomic mass is 9.67. The van der Waals surface area contributed by atoms with E-state index in [0.29, 0.717) is 19.0 Å². The molecule has 1 aliphatic heterocycles. The Balaban J connectivity index is 1.82. The van der Waals surface area contributed by atoms with Crippen molar-refractivity contribution in [3.8, 4) is 0 Å². The Morgan fingerprint density at radius 2 is 1.78 bits per heavy atom. The number of rotatable bonds is 3. The van der Waals surface area contributed by atoms with Crippen molar-refractivity contribution in [1.29, 1.82) is 0 Å². The molecule has 2 aliphatic carbocycles. The van der Waals surface area contributed by atoms with Gasteiger partial charge in [-0.15, -0.1) is 0 Å². The maximum absolute atomic E-state index is 13.2. The molecule has 0 aromatic rings. The fourth-order valence-electron chi connectivity index (χ4n) is 4.93. The lowest BCUT2D eigenvalue weighted by Crippen LogP contribution is -2.63. The smallest absolute Gasteiger partial charge is 0.228 e. The molecule has 0 radical (unpaired) electrons. The molecule has 0 spiro atoms. The molecule has 1 heterocycles. The summed E-state index contributed by atoms with van der Waals surface area (Å²) in [6, 6.07) is 0.158. The van der Waals surface area contributed by atoms with Gasteiger partial charge in [-0.05, 0) is 32.1 Å². The van der Waals surface area contributed by atoms with E-state index < -0.39 is 15.4 Å². The molecule has 3 fully saturated rings. The van der Waals surface area contributed by atoms with Gasteiger partial charge in [0.05, 0.1) is 11.2 Å². The maximum atomic E-state index is 13.2. The molecule has 0 aromatic carbocycles. The fourth-order valence-corrected chi connectivity index (χ4v) is 6.87. The van der Waals surface area contributed by atoms with Crippen LogP contribution >= 0.6 is 0 Å². The summed E-state index contributed by atoms with van der Waals surface area (Å²) in [5.41, 5.74) is -0.489. The molecule has 5 nitrogen and oxygen atoms in total. The van der Waals surface area contributed by atoms with Gasteiger partial charge in [-0.2, -0.15) is 4.31 Å². The third kappa shape index (κ3) is 3.16. The van der Waals surface area contributed by atoms with Crippen molar-refractivity contribution in [3.63, 3.8) is 0 Å². The van der Waals surface area contributed by atoms with Crippen LogP contribution in [0.4, 0.5) is 0 Å². The van der Waals surface area contributed by atoms with Crippen LogP contribution in [-0.2, 0) is 14.8 Å². The zero-order chi connectivity index (χ0) is 16.5. The second-order valence-corrected chi connectivity index (χ2v) is 9.54. The molecule has 6 heteroatoms. The lowest BCUT2D eigenvalue weighted by Gasteiger charge is -2.51. The highest BCUT2D eigenvalue weighted by Gasteiger charge is 2.55. The topological polar surface area (TPSA) is 66.5 Å². The minimum Gasteiger partial charge on any atom is -0.353 e. The second-order valence-electron chi connectivity index (χ2n) is 7.50. The molecule has 0 bridgehead atoms. The first-order valence-corrected chi connectivity index (χ1v) is 10.9. The average Bonchev–Trinajstić information content (AvgIpc) is 2.55. The largest absolute Gasteiger partial charge is 0.353 e. The van der Waals surface area contributed by atoms with Gasteiger partial charge in [-0.1, -0.05) is 39.0 Å². The Bertz CT molecular complexity index is 542. The standard InChI is InChI=1S/C17H30N2O3S/c1-2-19-15-10-6-7-11-17(15,12-13-23(19,21)22)16(20)18-14-8-4-3-5-9-14/h14-15H,2-13H2,1H3,(H,18,20)/t15-,17-/m1/s1. The summed E-state index contributed by atoms with van der Waals surface area (Å²) < 4.78 is 26.5. The summed E-state index contributed by atoms with van der Waals surface area (Å²) in [6.45, 7) is 2.37. The number of hydrogen-bond donors (Lipinski definition) is 1. The Morgan fingerprint density at radius 3 is 2.48 bits per heavy atom. The summed E-state index contributed by atoms with van der Waals surface area (Å²) in [4.78, 5) is 13.2. The van der Waals surface area contributed by atoms with Crippen molar-refractivity contribution in [2.75, 3.05) is 12.3 Å². The SMILES string of the molecule is CCN1[C@@H]2CCCC[C@@]2(C(=O)NC2CCCCC2)CCS1(=O)=O. The van der Waals surface area contributed by atoms with Gasteiger partial charge in [0.1, 0.15) is 0 Å². The molecule has 2 saturated carbocycles. The van der Waals surface area contributed by atoms with Crippen molar-refractivity contribution < 1.29 is 13.2 Å². The summed E-state index contributed by atoms with van der Waals surface area (Å²) >= 11 is 0. The first kappa shape index (κ1) is 17.2. The Kier molecular flexibility index (Phi) is 5.02. The molecule has 23 heavy (non-hydrogen) atoms. The van der Waals surface area contributed by atoms with Crippen LogP contribution in [0, 0.1) is 5.41 Å². The zero-order valence-electron chi connectivity index (χ0n) is 14.2. The number of hydrogen-bond acceptors (Lipinski definition) is 3. The quantitative estimate of drug-likeness (QED) is 0.856. The normalized spacial score (nSPS) is 35.4. The summed E-state index contributed by atoms with van der Waals surface area (Å²) in [7, 11) is -3.20. The van der Waals surface area contributed by atoms with E-state index in [4.69, 9.17) is 0 Å². The summed E-state index contributed by atoms with van der Waals surface area (Å²) in [6.07, 6.45) is 10.0. The summed E-state index contributed by atoms with van der Waals surface area (Å²) in [5, 5.41) is 3.29. The van der Waals surface area contributed by atoms with Crippen LogP contribution in [0.1, 0.15) is 71.1 Å². The molecule has 1 amide bonds. The molecular formula is C17H30N2O3S. The van der Waals surface area contributed by atoms with Crippen LogP contribution in [0.15, 0.2) is 0 Å². The van der Waals surface area contributed by atoms with Crippen LogP contribution in [-0.4, -0.2) is 43.0 Å². The van der Waals surface area contributed by atoms with Crippen molar-refractivity contribution in [2.45, 2.75) is 83.2 Å². The van der Waals surface area contributed by atoms with Gasteiger partial charge in [0.25, 0.3) is 0 Å². The van der Waals surface area contributed by atoms with E-state index in [0.717, 1.165) is 38.5 Å². The average molecular weight is 343 g/mol. The van der Waals surface area contributed by atoms with Gasteiger partial charge >= 0.3 is 0 Å². The van der Waals surface area contributed by atoms with E-state index in [-0.39, 0.29) is 17.7 Å². The van der Waals surface area contributed by atoms with Crippen molar-refractivity contribution in [3.05, 3.63) is 0 Å². The van der Waals surface area contributed by atoms with Crippen molar-refractivity contribution in [1.82, 2.24) is 9.62 Å². The van der Waals surface area contributed by atoms with E-state index in [9.17, 15) is 13.2 Å². The highest BCUT2D eigenvalue weighted by atomic mass is 32.2. The number of sulfonamides is 1. The third-order valence-corrected chi connectivity index (χ3v) is 8.15. The Hall–Kier alpha value is -0.620. The number of carbonyl (C=O) groups is 1. The number of nitrogens with one attached hydrogen (secondary N) is 1. The first-order chi connectivity index (χ1) is 11.0. The van der Waals surface area contributed by atoms with Crippen LogP contribution < -0.4 is 5.32 Å². The van der Waals surface area contributed by atoms with Crippen LogP contribution in [0.3, 0.4) is 0 Å². The van der Waals surface area contributed by atoms with E-state index in [1.165, 1.54) is 19.3 Å². The zero-order valence-corrected chi connectivity index (χ0v) is 15.0. The minimum absolute atomic E-state index is 0.120.